The van der Waals surface area contributed by atoms with E-state index in [4.69, 9.17) is 0 Å². The Hall–Kier alpha value is -2.26. The lowest BCUT2D eigenvalue weighted by atomic mass is 10.1. The summed E-state index contributed by atoms with van der Waals surface area (Å²) < 4.78 is 0.624. The number of rotatable bonds is 7. The summed E-state index contributed by atoms with van der Waals surface area (Å²) in [5.41, 5.74) is 0.972. The Morgan fingerprint density at radius 2 is 1.93 bits per heavy atom. The Labute approximate surface area is 165 Å². The molecule has 27 heavy (non-hydrogen) atoms. The summed E-state index contributed by atoms with van der Waals surface area (Å²) in [5, 5.41) is 11.2. The number of carbonyl (C=O) groups excluding carboxylic acids is 3. The molecule has 1 N–H and O–H groups in total. The van der Waals surface area contributed by atoms with E-state index in [1.807, 2.05) is 0 Å². The second-order valence-corrected chi connectivity index (χ2v) is 8.87. The van der Waals surface area contributed by atoms with E-state index in [1.54, 1.807) is 36.1 Å². The van der Waals surface area contributed by atoms with Gasteiger partial charge in [0.15, 0.2) is 10.1 Å². The zero-order chi connectivity index (χ0) is 19.6. The third-order valence-corrected chi connectivity index (χ3v) is 6.17. The lowest BCUT2D eigenvalue weighted by Gasteiger charge is -2.15. The minimum atomic E-state index is -0.433. The van der Waals surface area contributed by atoms with Gasteiger partial charge in [0.25, 0.3) is 0 Å². The number of nitrogens with zero attached hydrogens (tertiary/aromatic N) is 3. The fourth-order valence-corrected chi connectivity index (χ4v) is 4.67. The molecule has 0 radical (unpaired) electrons. The summed E-state index contributed by atoms with van der Waals surface area (Å²) in [6.45, 7) is 4.75. The number of hydrogen-bond acceptors (Lipinski definition) is 7. The van der Waals surface area contributed by atoms with Crippen molar-refractivity contribution >= 4 is 51.5 Å². The summed E-state index contributed by atoms with van der Waals surface area (Å²) in [5.74, 6) is -0.378. The van der Waals surface area contributed by atoms with Crippen LogP contribution >= 0.6 is 23.1 Å². The molecular formula is C18H20N4O3S2. The minimum absolute atomic E-state index is 0.0446. The lowest BCUT2D eigenvalue weighted by Crippen LogP contribution is -2.30. The van der Waals surface area contributed by atoms with Crippen molar-refractivity contribution < 1.29 is 14.4 Å². The van der Waals surface area contributed by atoms with E-state index in [-0.39, 0.29) is 23.6 Å². The first kappa shape index (κ1) is 19.5. The van der Waals surface area contributed by atoms with Crippen LogP contribution in [0.1, 0.15) is 44.0 Å². The van der Waals surface area contributed by atoms with Gasteiger partial charge in [0.2, 0.25) is 16.9 Å². The molecule has 142 valence electrons. The molecule has 0 unspecified atom stereocenters. The number of benzene rings is 1. The van der Waals surface area contributed by atoms with Gasteiger partial charge in [-0.15, -0.1) is 10.2 Å². The van der Waals surface area contributed by atoms with E-state index in [2.05, 4.69) is 15.5 Å². The van der Waals surface area contributed by atoms with Crippen LogP contribution < -0.4 is 10.2 Å². The number of hydrogen-bond donors (Lipinski definition) is 1. The van der Waals surface area contributed by atoms with E-state index in [1.165, 1.54) is 36.9 Å². The Kier molecular flexibility index (Phi) is 5.91. The van der Waals surface area contributed by atoms with Crippen LogP contribution in [-0.2, 0) is 9.59 Å². The predicted octanol–water partition coefficient (Wildman–Crippen LogP) is 3.38. The van der Waals surface area contributed by atoms with E-state index in [9.17, 15) is 14.4 Å². The Balaban J connectivity index is 1.65. The monoisotopic (exact) mass is 404 g/mol. The molecule has 1 aromatic carbocycles. The van der Waals surface area contributed by atoms with Gasteiger partial charge in [0.05, 0.1) is 10.9 Å². The van der Waals surface area contributed by atoms with Crippen molar-refractivity contribution in [2.45, 2.75) is 49.2 Å². The van der Waals surface area contributed by atoms with Gasteiger partial charge in [0.1, 0.15) is 0 Å². The summed E-state index contributed by atoms with van der Waals surface area (Å²) >= 11 is 2.59. The van der Waals surface area contributed by atoms with Crippen molar-refractivity contribution in [1.29, 1.82) is 0 Å². The SMILES string of the molecule is CC(=O)c1ccccc1NC(=O)[C@H](C)Sc1nnc(N(C(C)=O)C2CC2)s1. The second-order valence-electron chi connectivity index (χ2n) is 6.32. The van der Waals surface area contributed by atoms with Crippen LogP contribution in [0, 0.1) is 0 Å². The normalized spacial score (nSPS) is 14.5. The topological polar surface area (TPSA) is 92.3 Å². The molecule has 7 nitrogen and oxygen atoms in total. The number of carbonyl (C=O) groups is 3. The molecule has 0 saturated heterocycles. The van der Waals surface area contributed by atoms with E-state index >= 15 is 0 Å². The van der Waals surface area contributed by atoms with Crippen LogP contribution in [0.5, 0.6) is 0 Å². The standard InChI is InChI=1S/C18H20N4O3S2/c1-10(23)14-6-4-5-7-15(14)19-16(25)11(2)26-18-21-20-17(27-18)22(12(3)24)13-8-9-13/h4-7,11,13H,8-9H2,1-3H3,(H,19,25)/t11-/m0/s1. The van der Waals surface area contributed by atoms with Crippen LogP contribution in [0.4, 0.5) is 10.8 Å². The predicted molar refractivity (Wildman–Crippen MR) is 106 cm³/mol. The summed E-state index contributed by atoms with van der Waals surface area (Å²) in [4.78, 5) is 37.7. The van der Waals surface area contributed by atoms with Gasteiger partial charge in [-0.05, 0) is 38.8 Å². The molecule has 1 saturated carbocycles. The molecule has 1 aliphatic rings. The number of thioether (sulfide) groups is 1. The van der Waals surface area contributed by atoms with Crippen molar-refractivity contribution in [3.05, 3.63) is 29.8 Å². The number of nitrogens with one attached hydrogen (secondary N) is 1. The first-order chi connectivity index (χ1) is 12.9. The van der Waals surface area contributed by atoms with Crippen LogP contribution in [0.15, 0.2) is 28.6 Å². The highest BCUT2D eigenvalue weighted by atomic mass is 32.2. The third-order valence-electron chi connectivity index (χ3n) is 4.06. The molecular weight excluding hydrogens is 384 g/mol. The molecule has 1 aromatic heterocycles. The molecule has 2 amide bonds. The first-order valence-corrected chi connectivity index (χ1v) is 10.3. The van der Waals surface area contributed by atoms with Gasteiger partial charge >= 0.3 is 0 Å². The van der Waals surface area contributed by atoms with E-state index < -0.39 is 5.25 Å². The summed E-state index contributed by atoms with van der Waals surface area (Å²) in [6.07, 6.45) is 1.96. The molecule has 1 aliphatic carbocycles. The van der Waals surface area contributed by atoms with Crippen LogP contribution in [0.3, 0.4) is 0 Å². The molecule has 1 fully saturated rings. The highest BCUT2D eigenvalue weighted by Gasteiger charge is 2.34. The van der Waals surface area contributed by atoms with Crippen LogP contribution in [0.25, 0.3) is 0 Å². The molecule has 1 heterocycles. The van der Waals surface area contributed by atoms with Gasteiger partial charge in [-0.2, -0.15) is 0 Å². The average Bonchev–Trinajstić information content (AvgIpc) is 3.34. The van der Waals surface area contributed by atoms with Gasteiger partial charge in [0, 0.05) is 18.5 Å². The first-order valence-electron chi connectivity index (χ1n) is 8.57. The molecule has 0 aliphatic heterocycles. The van der Waals surface area contributed by atoms with Crippen molar-refractivity contribution in [2.24, 2.45) is 0 Å². The minimum Gasteiger partial charge on any atom is -0.324 e. The number of anilines is 2. The van der Waals surface area contributed by atoms with Gasteiger partial charge in [-0.1, -0.05) is 35.2 Å². The van der Waals surface area contributed by atoms with Gasteiger partial charge in [-0.3, -0.25) is 19.3 Å². The summed E-state index contributed by atoms with van der Waals surface area (Å²) in [7, 11) is 0. The van der Waals surface area contributed by atoms with Crippen molar-refractivity contribution in [3.63, 3.8) is 0 Å². The van der Waals surface area contributed by atoms with Crippen molar-refractivity contribution in [3.8, 4) is 0 Å². The fraction of sp³-hybridized carbons (Fsp3) is 0.389. The number of aromatic nitrogens is 2. The second kappa shape index (κ2) is 8.18. The molecule has 1 atom stereocenters. The Morgan fingerprint density at radius 3 is 2.56 bits per heavy atom. The Morgan fingerprint density at radius 1 is 1.22 bits per heavy atom. The molecule has 0 bridgehead atoms. The smallest absolute Gasteiger partial charge is 0.237 e. The maximum atomic E-state index is 12.5. The molecule has 3 rings (SSSR count). The number of Topliss-reactive ketones (excluding diaryl/α,β-unsaturated/α-hetero) is 1. The zero-order valence-corrected chi connectivity index (χ0v) is 16.9. The molecule has 0 spiro atoms. The molecule has 2 aromatic rings. The van der Waals surface area contributed by atoms with E-state index in [0.717, 1.165) is 12.8 Å². The van der Waals surface area contributed by atoms with Gasteiger partial charge in [-0.25, -0.2) is 0 Å². The number of ketones is 1. The highest BCUT2D eigenvalue weighted by molar-refractivity contribution is 8.02. The van der Waals surface area contributed by atoms with Crippen molar-refractivity contribution in [1.82, 2.24) is 10.2 Å². The van der Waals surface area contributed by atoms with Crippen LogP contribution in [-0.4, -0.2) is 39.1 Å². The third kappa shape index (κ3) is 4.72. The van der Waals surface area contributed by atoms with Crippen LogP contribution in [0.2, 0.25) is 0 Å². The van der Waals surface area contributed by atoms with Gasteiger partial charge < -0.3 is 5.32 Å². The quantitative estimate of drug-likeness (QED) is 0.432. The highest BCUT2D eigenvalue weighted by Crippen LogP contribution is 2.36. The molecule has 9 heteroatoms. The summed E-state index contributed by atoms with van der Waals surface area (Å²) in [6, 6.07) is 7.13. The van der Waals surface area contributed by atoms with Crippen molar-refractivity contribution in [2.75, 3.05) is 10.2 Å². The maximum absolute atomic E-state index is 12.5. The largest absolute Gasteiger partial charge is 0.324 e. The fourth-order valence-electron chi connectivity index (χ4n) is 2.57. The number of para-hydroxylation sites is 1. The average molecular weight is 405 g/mol. The Bertz CT molecular complexity index is 879. The zero-order valence-electron chi connectivity index (χ0n) is 15.3. The number of amides is 2. The lowest BCUT2D eigenvalue weighted by molar-refractivity contribution is -0.117. The van der Waals surface area contributed by atoms with E-state index in [0.29, 0.717) is 20.7 Å². The maximum Gasteiger partial charge on any atom is 0.237 e.